The van der Waals surface area contributed by atoms with Crippen LogP contribution in [0, 0.1) is 5.92 Å². The highest BCUT2D eigenvalue weighted by Gasteiger charge is 2.40. The maximum Gasteiger partial charge on any atom is 0.228 e. The van der Waals surface area contributed by atoms with E-state index < -0.39 is 0 Å². The number of carbonyl (C=O) groups excluding carboxylic acids is 1. The van der Waals surface area contributed by atoms with Crippen molar-refractivity contribution in [3.63, 3.8) is 0 Å². The number of ether oxygens (including phenoxy) is 1. The summed E-state index contributed by atoms with van der Waals surface area (Å²) in [5.41, 5.74) is 0. The molecule has 0 saturated carbocycles. The van der Waals surface area contributed by atoms with Gasteiger partial charge in [0.15, 0.2) is 0 Å². The molecule has 0 aromatic rings. The molecule has 0 aliphatic carbocycles. The van der Waals surface area contributed by atoms with E-state index in [0.717, 1.165) is 39.0 Å². The molecule has 2 bridgehead atoms. The first-order valence-corrected chi connectivity index (χ1v) is 6.97. The van der Waals surface area contributed by atoms with Gasteiger partial charge in [0.25, 0.3) is 0 Å². The van der Waals surface area contributed by atoms with Gasteiger partial charge in [-0.2, -0.15) is 0 Å². The lowest BCUT2D eigenvalue weighted by Crippen LogP contribution is -2.47. The maximum atomic E-state index is 12.6. The number of nitrogens with one attached hydrogen (secondary N) is 1. The third-order valence-electron chi connectivity index (χ3n) is 4.42. The van der Waals surface area contributed by atoms with Crippen molar-refractivity contribution in [3.05, 3.63) is 0 Å². The maximum absolute atomic E-state index is 12.6. The summed E-state index contributed by atoms with van der Waals surface area (Å²) in [6, 6.07) is 0.932. The van der Waals surface area contributed by atoms with Gasteiger partial charge in [-0.3, -0.25) is 4.79 Å². The lowest BCUT2D eigenvalue weighted by Gasteiger charge is -2.33. The fourth-order valence-electron chi connectivity index (χ4n) is 3.49. The van der Waals surface area contributed by atoms with Crippen LogP contribution in [-0.4, -0.2) is 49.2 Å². The van der Waals surface area contributed by atoms with Gasteiger partial charge in [-0.1, -0.05) is 0 Å². The van der Waals surface area contributed by atoms with E-state index in [2.05, 4.69) is 10.2 Å². The molecule has 0 aromatic carbocycles. The van der Waals surface area contributed by atoms with E-state index in [1.54, 1.807) is 0 Å². The zero-order valence-corrected chi connectivity index (χ0v) is 11.6. The predicted octanol–water partition coefficient (Wildman–Crippen LogP) is 1.19. The molecule has 3 atom stereocenters. The molecule has 1 N–H and O–H groups in total. The zero-order chi connectivity index (χ0) is 11.7. The van der Waals surface area contributed by atoms with Crippen molar-refractivity contribution in [2.75, 3.05) is 26.3 Å². The molecule has 0 aromatic heterocycles. The number of amides is 1. The number of hydrogen-bond acceptors (Lipinski definition) is 3. The Labute approximate surface area is 115 Å². The normalized spacial score (nSPS) is 35.8. The van der Waals surface area contributed by atoms with E-state index >= 15 is 0 Å². The Hall–Kier alpha value is -0.320. The number of rotatable bonds is 1. The van der Waals surface area contributed by atoms with E-state index in [4.69, 9.17) is 4.74 Å². The molecule has 3 rings (SSSR count). The number of hydrogen-bond donors (Lipinski definition) is 1. The summed E-state index contributed by atoms with van der Waals surface area (Å²) >= 11 is 0. The molecule has 18 heavy (non-hydrogen) atoms. The van der Waals surface area contributed by atoms with Gasteiger partial charge in [0, 0.05) is 25.2 Å². The third kappa shape index (κ3) is 2.65. The average Bonchev–Trinajstić information content (AvgIpc) is 2.63. The first-order chi connectivity index (χ1) is 8.36. The summed E-state index contributed by atoms with van der Waals surface area (Å²) in [6.07, 6.45) is 5.55. The van der Waals surface area contributed by atoms with Crippen LogP contribution in [-0.2, 0) is 9.53 Å². The molecule has 4 nitrogen and oxygen atoms in total. The number of carbonyl (C=O) groups is 1. The second-order valence-electron chi connectivity index (χ2n) is 5.54. The molecular formula is C13H23ClN2O2. The van der Waals surface area contributed by atoms with E-state index in [0.29, 0.717) is 24.6 Å². The third-order valence-corrected chi connectivity index (χ3v) is 4.42. The van der Waals surface area contributed by atoms with Crippen LogP contribution in [0.1, 0.15) is 32.1 Å². The van der Waals surface area contributed by atoms with Crippen LogP contribution in [0.5, 0.6) is 0 Å². The average molecular weight is 275 g/mol. The zero-order valence-electron chi connectivity index (χ0n) is 10.8. The SMILES string of the molecule is Cl.O=C(C1CCCOC1)N1C2CCNCC1CC2. The lowest BCUT2D eigenvalue weighted by molar-refractivity contribution is -0.142. The highest BCUT2D eigenvalue weighted by Crippen LogP contribution is 2.30. The summed E-state index contributed by atoms with van der Waals surface area (Å²) in [5, 5.41) is 3.44. The van der Waals surface area contributed by atoms with Crippen molar-refractivity contribution in [2.24, 2.45) is 5.92 Å². The van der Waals surface area contributed by atoms with Crippen LogP contribution < -0.4 is 5.32 Å². The summed E-state index contributed by atoms with van der Waals surface area (Å²) in [4.78, 5) is 14.8. The Balaban J connectivity index is 0.00000120. The summed E-state index contributed by atoms with van der Waals surface area (Å²) in [7, 11) is 0. The number of halogens is 1. The van der Waals surface area contributed by atoms with Gasteiger partial charge in [0.1, 0.15) is 0 Å². The minimum absolute atomic E-state index is 0. The summed E-state index contributed by atoms with van der Waals surface area (Å²) in [6.45, 7) is 3.52. The number of nitrogens with zero attached hydrogens (tertiary/aromatic N) is 1. The molecule has 3 heterocycles. The Morgan fingerprint density at radius 2 is 2.00 bits per heavy atom. The molecule has 3 fully saturated rings. The van der Waals surface area contributed by atoms with Crippen molar-refractivity contribution in [2.45, 2.75) is 44.2 Å². The molecule has 1 amide bonds. The van der Waals surface area contributed by atoms with Crippen LogP contribution in [0.3, 0.4) is 0 Å². The van der Waals surface area contributed by atoms with E-state index in [-0.39, 0.29) is 18.3 Å². The lowest BCUT2D eigenvalue weighted by atomic mass is 9.99. The van der Waals surface area contributed by atoms with Crippen LogP contribution >= 0.6 is 12.4 Å². The van der Waals surface area contributed by atoms with E-state index in [1.165, 1.54) is 12.8 Å². The van der Waals surface area contributed by atoms with E-state index in [9.17, 15) is 4.79 Å². The first kappa shape index (κ1) is 14.1. The minimum atomic E-state index is 0. The fraction of sp³-hybridized carbons (Fsp3) is 0.923. The van der Waals surface area contributed by atoms with Gasteiger partial charge in [0.05, 0.1) is 12.5 Å². The summed E-state index contributed by atoms with van der Waals surface area (Å²) in [5.74, 6) is 0.492. The van der Waals surface area contributed by atoms with Crippen LogP contribution in [0.25, 0.3) is 0 Å². The molecule has 3 unspecified atom stereocenters. The van der Waals surface area contributed by atoms with Gasteiger partial charge in [-0.15, -0.1) is 12.4 Å². The van der Waals surface area contributed by atoms with Crippen LogP contribution in [0.2, 0.25) is 0 Å². The molecular weight excluding hydrogens is 252 g/mol. The van der Waals surface area contributed by atoms with Crippen molar-refractivity contribution in [1.29, 1.82) is 0 Å². The summed E-state index contributed by atoms with van der Waals surface area (Å²) < 4.78 is 5.45. The Kier molecular flexibility index (Phi) is 4.87. The second kappa shape index (κ2) is 6.22. The minimum Gasteiger partial charge on any atom is -0.381 e. The quantitative estimate of drug-likeness (QED) is 0.781. The highest BCUT2D eigenvalue weighted by atomic mass is 35.5. The number of fused-ring (bicyclic) bond motifs is 2. The van der Waals surface area contributed by atoms with Gasteiger partial charge in [0.2, 0.25) is 5.91 Å². The first-order valence-electron chi connectivity index (χ1n) is 6.97. The van der Waals surface area contributed by atoms with Gasteiger partial charge >= 0.3 is 0 Å². The monoisotopic (exact) mass is 274 g/mol. The van der Waals surface area contributed by atoms with E-state index in [1.807, 2.05) is 0 Å². The molecule has 5 heteroatoms. The van der Waals surface area contributed by atoms with Gasteiger partial charge in [-0.05, 0) is 38.6 Å². The Bertz CT molecular complexity index is 281. The standard InChI is InChI=1S/C13H22N2O2.ClH/c16-13(10-2-1-7-17-9-10)15-11-3-4-12(15)8-14-6-5-11;/h10-12,14H,1-9H2;1H. The molecule has 104 valence electrons. The van der Waals surface area contributed by atoms with Crippen molar-refractivity contribution < 1.29 is 9.53 Å². The fourth-order valence-corrected chi connectivity index (χ4v) is 3.49. The highest BCUT2D eigenvalue weighted by molar-refractivity contribution is 5.85. The van der Waals surface area contributed by atoms with Crippen LogP contribution in [0.4, 0.5) is 0 Å². The van der Waals surface area contributed by atoms with Crippen molar-refractivity contribution in [3.8, 4) is 0 Å². The van der Waals surface area contributed by atoms with Crippen molar-refractivity contribution >= 4 is 18.3 Å². The predicted molar refractivity (Wildman–Crippen MR) is 71.9 cm³/mol. The molecule has 3 aliphatic rings. The van der Waals surface area contributed by atoms with Crippen molar-refractivity contribution in [1.82, 2.24) is 10.2 Å². The van der Waals surface area contributed by atoms with Gasteiger partial charge < -0.3 is 15.0 Å². The molecule has 3 saturated heterocycles. The smallest absolute Gasteiger partial charge is 0.228 e. The largest absolute Gasteiger partial charge is 0.381 e. The second-order valence-corrected chi connectivity index (χ2v) is 5.54. The van der Waals surface area contributed by atoms with Crippen LogP contribution in [0.15, 0.2) is 0 Å². The molecule has 3 aliphatic heterocycles. The Morgan fingerprint density at radius 3 is 2.78 bits per heavy atom. The topological polar surface area (TPSA) is 41.6 Å². The van der Waals surface area contributed by atoms with Gasteiger partial charge in [-0.25, -0.2) is 0 Å². The Morgan fingerprint density at radius 1 is 1.17 bits per heavy atom. The molecule has 0 spiro atoms. The molecule has 0 radical (unpaired) electrons.